The fourth-order valence-electron chi connectivity index (χ4n) is 4.35. The van der Waals surface area contributed by atoms with E-state index in [-0.39, 0.29) is 5.41 Å². The van der Waals surface area contributed by atoms with Crippen molar-refractivity contribution in [2.75, 3.05) is 11.5 Å². The summed E-state index contributed by atoms with van der Waals surface area (Å²) in [6.07, 6.45) is 8.61. The van der Waals surface area contributed by atoms with E-state index >= 15 is 0 Å². The molecule has 0 saturated heterocycles. The molecular formula is C27H42N2. The number of anilines is 2. The Morgan fingerprint density at radius 1 is 0.552 bits per heavy atom. The van der Waals surface area contributed by atoms with Gasteiger partial charge in [-0.25, -0.2) is 0 Å². The van der Waals surface area contributed by atoms with Gasteiger partial charge in [0, 0.05) is 16.8 Å². The highest BCUT2D eigenvalue weighted by molar-refractivity contribution is 5.61. The van der Waals surface area contributed by atoms with Crippen LogP contribution < -0.4 is 11.5 Å². The molecule has 2 rings (SSSR count). The summed E-state index contributed by atoms with van der Waals surface area (Å²) >= 11 is 0. The minimum atomic E-state index is -0.0859. The Bertz CT molecular complexity index is 696. The number of hydrogen-bond donors (Lipinski definition) is 2. The highest BCUT2D eigenvalue weighted by Crippen LogP contribution is 2.38. The predicted octanol–water partition coefficient (Wildman–Crippen LogP) is 6.99. The number of rotatable bonds is 10. The van der Waals surface area contributed by atoms with Gasteiger partial charge in [0.15, 0.2) is 0 Å². The molecule has 0 aliphatic carbocycles. The molecule has 160 valence electrons. The third-order valence-corrected chi connectivity index (χ3v) is 6.22. The van der Waals surface area contributed by atoms with Crippen molar-refractivity contribution in [1.29, 1.82) is 0 Å². The second-order valence-corrected chi connectivity index (χ2v) is 9.04. The SMILES string of the molecule is CCCc1cc(C(C)(C)c2cc(CCC)c(N)c(CCC)c2)cc(CCC)c1N. The monoisotopic (exact) mass is 394 g/mol. The minimum absolute atomic E-state index is 0.0859. The molecule has 2 heteroatoms. The van der Waals surface area contributed by atoms with Crippen molar-refractivity contribution in [3.63, 3.8) is 0 Å². The van der Waals surface area contributed by atoms with Crippen LogP contribution in [0.4, 0.5) is 11.4 Å². The van der Waals surface area contributed by atoms with Crippen LogP contribution in [0.2, 0.25) is 0 Å². The maximum absolute atomic E-state index is 6.54. The first-order valence-electron chi connectivity index (χ1n) is 11.6. The van der Waals surface area contributed by atoms with Crippen molar-refractivity contribution in [1.82, 2.24) is 0 Å². The summed E-state index contributed by atoms with van der Waals surface area (Å²) in [4.78, 5) is 0. The second-order valence-electron chi connectivity index (χ2n) is 9.04. The molecule has 0 aliphatic heterocycles. The van der Waals surface area contributed by atoms with Crippen LogP contribution in [-0.4, -0.2) is 0 Å². The Kier molecular flexibility index (Phi) is 8.19. The van der Waals surface area contributed by atoms with Gasteiger partial charge >= 0.3 is 0 Å². The van der Waals surface area contributed by atoms with Crippen LogP contribution in [-0.2, 0) is 31.1 Å². The van der Waals surface area contributed by atoms with E-state index in [1.807, 2.05) is 0 Å². The van der Waals surface area contributed by atoms with Gasteiger partial charge in [0.2, 0.25) is 0 Å². The van der Waals surface area contributed by atoms with Gasteiger partial charge in [0.05, 0.1) is 0 Å². The molecule has 0 aromatic heterocycles. The van der Waals surface area contributed by atoms with E-state index in [4.69, 9.17) is 11.5 Å². The summed E-state index contributed by atoms with van der Waals surface area (Å²) in [6.45, 7) is 13.6. The van der Waals surface area contributed by atoms with Gasteiger partial charge in [-0.3, -0.25) is 0 Å². The zero-order chi connectivity index (χ0) is 21.6. The Morgan fingerprint density at radius 2 is 0.793 bits per heavy atom. The van der Waals surface area contributed by atoms with Crippen molar-refractivity contribution in [3.8, 4) is 0 Å². The highest BCUT2D eigenvalue weighted by atomic mass is 14.6. The van der Waals surface area contributed by atoms with Gasteiger partial charge in [0.25, 0.3) is 0 Å². The van der Waals surface area contributed by atoms with Gasteiger partial charge in [-0.05, 0) is 59.1 Å². The van der Waals surface area contributed by atoms with E-state index in [9.17, 15) is 0 Å². The normalized spacial score (nSPS) is 11.8. The fourth-order valence-corrected chi connectivity index (χ4v) is 4.35. The molecule has 0 bridgehead atoms. The fraction of sp³-hybridized carbons (Fsp3) is 0.556. The molecule has 2 aromatic rings. The lowest BCUT2D eigenvalue weighted by molar-refractivity contribution is 0.635. The number of aryl methyl sites for hydroxylation is 4. The smallest absolute Gasteiger partial charge is 0.0379 e. The van der Waals surface area contributed by atoms with Gasteiger partial charge in [-0.2, -0.15) is 0 Å². The van der Waals surface area contributed by atoms with Crippen LogP contribution in [0.3, 0.4) is 0 Å². The largest absolute Gasteiger partial charge is 0.398 e. The van der Waals surface area contributed by atoms with Crippen LogP contribution >= 0.6 is 0 Å². The van der Waals surface area contributed by atoms with Gasteiger partial charge in [-0.1, -0.05) is 91.5 Å². The van der Waals surface area contributed by atoms with Crippen LogP contribution in [0.15, 0.2) is 24.3 Å². The molecule has 0 radical (unpaired) electrons. The van der Waals surface area contributed by atoms with Gasteiger partial charge in [0.1, 0.15) is 0 Å². The molecule has 0 fully saturated rings. The zero-order valence-electron chi connectivity index (χ0n) is 19.6. The molecule has 29 heavy (non-hydrogen) atoms. The van der Waals surface area contributed by atoms with Gasteiger partial charge < -0.3 is 11.5 Å². The van der Waals surface area contributed by atoms with E-state index in [0.717, 1.165) is 62.7 Å². The summed E-state index contributed by atoms with van der Waals surface area (Å²) in [7, 11) is 0. The second kappa shape index (κ2) is 10.2. The zero-order valence-corrected chi connectivity index (χ0v) is 19.6. The molecule has 0 atom stereocenters. The lowest BCUT2D eigenvalue weighted by Crippen LogP contribution is -2.21. The minimum Gasteiger partial charge on any atom is -0.398 e. The van der Waals surface area contributed by atoms with Crippen molar-refractivity contribution >= 4 is 11.4 Å². The van der Waals surface area contributed by atoms with E-state index < -0.39 is 0 Å². The molecule has 0 heterocycles. The maximum atomic E-state index is 6.54. The first-order valence-corrected chi connectivity index (χ1v) is 11.6. The highest BCUT2D eigenvalue weighted by Gasteiger charge is 2.26. The average molecular weight is 395 g/mol. The van der Waals surface area contributed by atoms with E-state index in [2.05, 4.69) is 65.8 Å². The summed E-state index contributed by atoms with van der Waals surface area (Å²) < 4.78 is 0. The topological polar surface area (TPSA) is 52.0 Å². The van der Waals surface area contributed by atoms with Crippen LogP contribution in [0.25, 0.3) is 0 Å². The van der Waals surface area contributed by atoms with Crippen LogP contribution in [0.5, 0.6) is 0 Å². The summed E-state index contributed by atoms with van der Waals surface area (Å²) in [5, 5.41) is 0. The van der Waals surface area contributed by atoms with Crippen molar-refractivity contribution in [2.45, 2.75) is 98.3 Å². The summed E-state index contributed by atoms with van der Waals surface area (Å²) in [5.41, 5.74) is 23.0. The lowest BCUT2D eigenvalue weighted by atomic mass is 9.75. The average Bonchev–Trinajstić information content (AvgIpc) is 2.68. The standard InChI is InChI=1S/C27H42N2/c1-7-11-19-15-23(16-20(12-8-2)25(19)28)27(5,6)24-17-21(13-9-3)26(29)22(18-24)14-10-4/h15-18H,7-14,28-29H2,1-6H3. The molecule has 0 aliphatic rings. The molecule has 2 nitrogen and oxygen atoms in total. The Morgan fingerprint density at radius 3 is 1.00 bits per heavy atom. The lowest BCUT2D eigenvalue weighted by Gasteiger charge is -2.30. The van der Waals surface area contributed by atoms with Gasteiger partial charge in [-0.15, -0.1) is 0 Å². The van der Waals surface area contributed by atoms with E-state index in [1.54, 1.807) is 0 Å². The van der Waals surface area contributed by atoms with Crippen LogP contribution in [0, 0.1) is 0 Å². The molecule has 0 saturated carbocycles. The number of hydrogen-bond acceptors (Lipinski definition) is 2. The summed E-state index contributed by atoms with van der Waals surface area (Å²) in [5.74, 6) is 0. The Labute approximate surface area is 179 Å². The molecular weight excluding hydrogens is 352 g/mol. The molecule has 0 amide bonds. The Hall–Kier alpha value is -1.96. The third kappa shape index (κ3) is 5.15. The first-order chi connectivity index (χ1) is 13.8. The van der Waals surface area contributed by atoms with E-state index in [1.165, 1.54) is 33.4 Å². The Balaban J connectivity index is 2.64. The van der Waals surface area contributed by atoms with Crippen molar-refractivity contribution in [2.24, 2.45) is 0 Å². The predicted molar refractivity (Wildman–Crippen MR) is 130 cm³/mol. The quantitative estimate of drug-likeness (QED) is 0.427. The molecule has 2 aromatic carbocycles. The first kappa shape index (κ1) is 23.3. The summed E-state index contributed by atoms with van der Waals surface area (Å²) in [6, 6.07) is 9.42. The third-order valence-electron chi connectivity index (χ3n) is 6.22. The number of nitrogen functional groups attached to an aromatic ring is 2. The van der Waals surface area contributed by atoms with Crippen LogP contribution in [0.1, 0.15) is 101 Å². The van der Waals surface area contributed by atoms with Crippen molar-refractivity contribution in [3.05, 3.63) is 57.6 Å². The molecule has 0 unspecified atom stereocenters. The number of benzene rings is 2. The molecule has 4 N–H and O–H groups in total. The maximum Gasteiger partial charge on any atom is 0.0379 e. The number of nitrogens with two attached hydrogens (primary N) is 2. The van der Waals surface area contributed by atoms with Crippen molar-refractivity contribution < 1.29 is 0 Å². The van der Waals surface area contributed by atoms with E-state index in [0.29, 0.717) is 0 Å². The molecule has 0 spiro atoms.